The average Bonchev–Trinajstić information content (AvgIpc) is 3.64. The second-order valence-corrected chi connectivity index (χ2v) is 9.96. The number of unbranched alkanes of at least 4 members (excludes halogenated alkanes) is 1. The summed E-state index contributed by atoms with van der Waals surface area (Å²) in [5, 5.41) is 10.8. The van der Waals surface area contributed by atoms with Crippen LogP contribution in [-0.2, 0) is 11.3 Å². The molecule has 2 aromatic heterocycles. The van der Waals surface area contributed by atoms with E-state index in [2.05, 4.69) is 22.5 Å². The fourth-order valence-electron chi connectivity index (χ4n) is 4.77. The average molecular weight is 554 g/mol. The summed E-state index contributed by atoms with van der Waals surface area (Å²) in [6.07, 6.45) is 9.37. The van der Waals surface area contributed by atoms with Gasteiger partial charge in [-0.3, -0.25) is 9.78 Å². The van der Waals surface area contributed by atoms with E-state index in [-0.39, 0.29) is 24.5 Å². The van der Waals surface area contributed by atoms with Gasteiger partial charge in [-0.15, -0.1) is 0 Å². The third kappa shape index (κ3) is 7.47. The summed E-state index contributed by atoms with van der Waals surface area (Å²) in [6.45, 7) is 3.48. The molecule has 1 aromatic carbocycles. The Balaban J connectivity index is 1.54. The van der Waals surface area contributed by atoms with Crippen molar-refractivity contribution in [1.82, 2.24) is 35.3 Å². The molecule has 0 atom stereocenters. The molecule has 10 nitrogen and oxygen atoms in total. The minimum absolute atomic E-state index is 0.0466. The number of carbonyl (C=O) groups excluding carboxylic acids is 2. The number of methoxy groups -OCH3 is 1. The van der Waals surface area contributed by atoms with Crippen LogP contribution >= 0.6 is 11.6 Å². The maximum atomic E-state index is 13.3. The van der Waals surface area contributed by atoms with Crippen molar-refractivity contribution in [1.29, 1.82) is 0 Å². The minimum Gasteiger partial charge on any atom is -0.495 e. The van der Waals surface area contributed by atoms with Crippen molar-refractivity contribution in [3.63, 3.8) is 0 Å². The number of nitrogens with zero attached hydrogens (tertiary/aromatic N) is 5. The molecule has 208 valence electrons. The Kier molecular flexibility index (Phi) is 10.1. The van der Waals surface area contributed by atoms with Crippen molar-refractivity contribution in [2.24, 2.45) is 0 Å². The minimum atomic E-state index is -0.319. The number of urea groups is 1. The highest BCUT2D eigenvalue weighted by atomic mass is 35.5. The quantitative estimate of drug-likeness (QED) is 0.318. The van der Waals surface area contributed by atoms with Gasteiger partial charge in [0.25, 0.3) is 0 Å². The maximum absolute atomic E-state index is 13.3. The molecule has 1 aliphatic rings. The van der Waals surface area contributed by atoms with Crippen molar-refractivity contribution >= 4 is 23.5 Å². The Labute approximate surface area is 234 Å². The Bertz CT molecular complexity index is 1250. The number of hydrogen-bond acceptors (Lipinski definition) is 6. The van der Waals surface area contributed by atoms with E-state index in [0.29, 0.717) is 42.1 Å². The largest absolute Gasteiger partial charge is 0.495 e. The molecule has 0 saturated heterocycles. The highest BCUT2D eigenvalue weighted by molar-refractivity contribution is 6.32. The van der Waals surface area contributed by atoms with E-state index in [1.807, 2.05) is 27.8 Å². The zero-order chi connectivity index (χ0) is 27.6. The fourth-order valence-corrected chi connectivity index (χ4v) is 5.03. The molecule has 4 rings (SSSR count). The molecule has 0 spiro atoms. The van der Waals surface area contributed by atoms with Crippen LogP contribution in [0.4, 0.5) is 4.79 Å². The summed E-state index contributed by atoms with van der Waals surface area (Å²) >= 11 is 6.43. The summed E-state index contributed by atoms with van der Waals surface area (Å²) in [5.74, 6) is 1.67. The van der Waals surface area contributed by atoms with Crippen molar-refractivity contribution in [2.45, 2.75) is 58.0 Å². The molecule has 3 aromatic rings. The molecule has 0 aliphatic heterocycles. The van der Waals surface area contributed by atoms with E-state index in [0.717, 1.165) is 49.7 Å². The van der Waals surface area contributed by atoms with Crippen LogP contribution in [0.3, 0.4) is 0 Å². The van der Waals surface area contributed by atoms with Crippen LogP contribution in [-0.4, -0.2) is 69.4 Å². The molecule has 0 unspecified atom stereocenters. The Hall–Kier alpha value is -3.66. The molecule has 1 aliphatic carbocycles. The van der Waals surface area contributed by atoms with Crippen LogP contribution in [0.5, 0.6) is 5.75 Å². The van der Waals surface area contributed by atoms with E-state index in [4.69, 9.17) is 26.4 Å². The van der Waals surface area contributed by atoms with Crippen LogP contribution in [0.1, 0.15) is 45.4 Å². The van der Waals surface area contributed by atoms with Crippen molar-refractivity contribution in [3.05, 3.63) is 47.7 Å². The number of benzene rings is 1. The molecule has 1 saturated carbocycles. The van der Waals surface area contributed by atoms with Gasteiger partial charge in [0, 0.05) is 42.7 Å². The first-order valence-electron chi connectivity index (χ1n) is 13.5. The molecule has 0 bridgehead atoms. The van der Waals surface area contributed by atoms with Gasteiger partial charge in [-0.05, 0) is 49.6 Å². The van der Waals surface area contributed by atoms with Crippen molar-refractivity contribution in [3.8, 4) is 28.5 Å². The third-order valence-electron chi connectivity index (χ3n) is 6.87. The first kappa shape index (κ1) is 28.4. The number of halogens is 1. The van der Waals surface area contributed by atoms with Gasteiger partial charge in [0.15, 0.2) is 11.6 Å². The van der Waals surface area contributed by atoms with Gasteiger partial charge in [-0.2, -0.15) is 5.10 Å². The second kappa shape index (κ2) is 13.9. The molecule has 3 amide bonds. The normalized spacial score (nSPS) is 13.3. The second-order valence-electron chi connectivity index (χ2n) is 9.56. The van der Waals surface area contributed by atoms with Crippen LogP contribution < -0.4 is 15.4 Å². The Morgan fingerprint density at radius 2 is 1.90 bits per heavy atom. The van der Waals surface area contributed by atoms with E-state index in [1.54, 1.807) is 31.6 Å². The number of pyridine rings is 1. The van der Waals surface area contributed by atoms with E-state index in [1.165, 1.54) is 0 Å². The topological polar surface area (TPSA) is 114 Å². The lowest BCUT2D eigenvalue weighted by molar-refractivity contribution is -0.132. The number of hydrogen-bond donors (Lipinski definition) is 2. The Morgan fingerprint density at radius 3 is 2.59 bits per heavy atom. The number of carbonyl (C=O) groups is 2. The van der Waals surface area contributed by atoms with Gasteiger partial charge in [-0.1, -0.05) is 37.8 Å². The number of nitrogens with one attached hydrogen (secondary N) is 2. The van der Waals surface area contributed by atoms with Gasteiger partial charge in [0.2, 0.25) is 5.91 Å². The number of amides is 3. The lowest BCUT2D eigenvalue weighted by Crippen LogP contribution is -2.48. The zero-order valence-corrected chi connectivity index (χ0v) is 23.3. The number of rotatable bonds is 12. The van der Waals surface area contributed by atoms with E-state index < -0.39 is 0 Å². The predicted octanol–water partition coefficient (Wildman–Crippen LogP) is 4.54. The molecular formula is C28H36ClN7O3. The summed E-state index contributed by atoms with van der Waals surface area (Å²) in [4.78, 5) is 36.2. The van der Waals surface area contributed by atoms with Crippen LogP contribution in [0, 0.1) is 0 Å². The molecule has 2 heterocycles. The van der Waals surface area contributed by atoms with Gasteiger partial charge in [0.05, 0.1) is 25.2 Å². The van der Waals surface area contributed by atoms with Gasteiger partial charge in [0.1, 0.15) is 5.75 Å². The van der Waals surface area contributed by atoms with Crippen LogP contribution in [0.15, 0.2) is 42.7 Å². The zero-order valence-electron chi connectivity index (χ0n) is 22.5. The molecule has 1 fully saturated rings. The van der Waals surface area contributed by atoms with E-state index in [9.17, 15) is 9.59 Å². The van der Waals surface area contributed by atoms with Gasteiger partial charge in [-0.25, -0.2) is 14.5 Å². The van der Waals surface area contributed by atoms with Crippen LogP contribution in [0.25, 0.3) is 22.8 Å². The molecule has 0 radical (unpaired) electrons. The Morgan fingerprint density at radius 1 is 1.13 bits per heavy atom. The van der Waals surface area contributed by atoms with Gasteiger partial charge >= 0.3 is 6.03 Å². The van der Waals surface area contributed by atoms with E-state index >= 15 is 0 Å². The lowest BCUT2D eigenvalue weighted by Gasteiger charge is -2.29. The highest BCUT2D eigenvalue weighted by Crippen LogP contribution is 2.31. The summed E-state index contributed by atoms with van der Waals surface area (Å²) < 4.78 is 7.12. The summed E-state index contributed by atoms with van der Waals surface area (Å²) in [7, 11) is 1.57. The first-order valence-corrected chi connectivity index (χ1v) is 13.9. The SMILES string of the molecule is CCCCNC(=O)NCC(=O)N(CCn1nc(-c2ccncc2)nc1-c1ccc(OC)c(Cl)c1)C1CCCC1. The van der Waals surface area contributed by atoms with Gasteiger partial charge < -0.3 is 20.3 Å². The molecular weight excluding hydrogens is 518 g/mol. The van der Waals surface area contributed by atoms with Crippen LogP contribution in [0.2, 0.25) is 5.02 Å². The maximum Gasteiger partial charge on any atom is 0.315 e. The summed E-state index contributed by atoms with van der Waals surface area (Å²) in [6, 6.07) is 9.03. The predicted molar refractivity (Wildman–Crippen MR) is 151 cm³/mol. The monoisotopic (exact) mass is 553 g/mol. The lowest BCUT2D eigenvalue weighted by atomic mass is 10.2. The molecule has 39 heavy (non-hydrogen) atoms. The number of aromatic nitrogens is 4. The highest BCUT2D eigenvalue weighted by Gasteiger charge is 2.27. The first-order chi connectivity index (χ1) is 19.0. The molecule has 2 N–H and O–H groups in total. The van der Waals surface area contributed by atoms with Crippen molar-refractivity contribution < 1.29 is 14.3 Å². The fraction of sp³-hybridized carbons (Fsp3) is 0.464. The third-order valence-corrected chi connectivity index (χ3v) is 7.17. The standard InChI is InChI=1S/C28H36ClN7O3/c1-3-4-13-31-28(38)32-19-25(37)35(22-7-5-6-8-22)16-17-36-27(21-9-10-24(39-2)23(29)18-21)33-26(34-36)20-11-14-30-15-12-20/h9-12,14-15,18,22H,3-8,13,16-17,19H2,1-2H3,(H2,31,32,38). The van der Waals surface area contributed by atoms with Crippen molar-refractivity contribution in [2.75, 3.05) is 26.7 Å². The summed E-state index contributed by atoms with van der Waals surface area (Å²) in [5.41, 5.74) is 1.63. The molecule has 11 heteroatoms. The smallest absolute Gasteiger partial charge is 0.315 e. The number of ether oxygens (including phenoxy) is 1.